The number of piperidine rings is 1. The molecule has 2 aromatic carbocycles. The van der Waals surface area contributed by atoms with Crippen LogP contribution < -0.4 is 10.6 Å². The molecule has 1 aliphatic heterocycles. The summed E-state index contributed by atoms with van der Waals surface area (Å²) in [7, 11) is -2.15. The van der Waals surface area contributed by atoms with Crippen molar-refractivity contribution in [2.24, 2.45) is 5.92 Å². The van der Waals surface area contributed by atoms with Gasteiger partial charge in [0.05, 0.1) is 22.9 Å². The maximum absolute atomic E-state index is 13.1. The van der Waals surface area contributed by atoms with Crippen molar-refractivity contribution >= 4 is 50.7 Å². The maximum Gasteiger partial charge on any atom is 0.253 e. The lowest BCUT2D eigenvalue weighted by molar-refractivity contribution is -0.120. The van der Waals surface area contributed by atoms with E-state index in [0.29, 0.717) is 55.8 Å². The second-order valence-electron chi connectivity index (χ2n) is 8.29. The predicted octanol–water partition coefficient (Wildman–Crippen LogP) is 3.94. The SMILES string of the molecule is COCCCNC(=O)c1ccccc1NC(=O)[C@@H]1CCCN(S(=O)(=O)Cc2c(Cl)cccc2Cl)C1. The van der Waals surface area contributed by atoms with Crippen molar-refractivity contribution in [3.8, 4) is 0 Å². The van der Waals surface area contributed by atoms with Gasteiger partial charge in [0, 0.05) is 49.0 Å². The molecule has 0 saturated carbocycles. The molecule has 1 atom stereocenters. The molecule has 190 valence electrons. The van der Waals surface area contributed by atoms with Crippen LogP contribution in [0, 0.1) is 5.92 Å². The Bertz CT molecular complexity index is 1140. The van der Waals surface area contributed by atoms with Gasteiger partial charge in [0.2, 0.25) is 15.9 Å². The molecule has 0 aromatic heterocycles. The van der Waals surface area contributed by atoms with Crippen LogP contribution in [0.2, 0.25) is 10.0 Å². The molecule has 1 fully saturated rings. The molecule has 35 heavy (non-hydrogen) atoms. The number of para-hydroxylation sites is 1. The topological polar surface area (TPSA) is 105 Å². The Labute approximate surface area is 216 Å². The number of amides is 2. The molecule has 1 saturated heterocycles. The minimum absolute atomic E-state index is 0.0433. The molecule has 0 bridgehead atoms. The third-order valence-corrected chi connectivity index (χ3v) is 8.26. The molecular formula is C24H29Cl2N3O5S. The smallest absolute Gasteiger partial charge is 0.253 e. The first-order chi connectivity index (χ1) is 16.7. The van der Waals surface area contributed by atoms with Crippen molar-refractivity contribution in [2.45, 2.75) is 25.0 Å². The Balaban J connectivity index is 1.67. The highest BCUT2D eigenvalue weighted by atomic mass is 35.5. The summed E-state index contributed by atoms with van der Waals surface area (Å²) in [6.45, 7) is 1.33. The van der Waals surface area contributed by atoms with Crippen LogP contribution in [0.4, 0.5) is 5.69 Å². The molecule has 11 heteroatoms. The number of nitrogens with one attached hydrogen (secondary N) is 2. The molecule has 2 amide bonds. The Morgan fingerprint density at radius 2 is 1.83 bits per heavy atom. The predicted molar refractivity (Wildman–Crippen MR) is 137 cm³/mol. The van der Waals surface area contributed by atoms with Crippen molar-refractivity contribution in [3.05, 3.63) is 63.6 Å². The monoisotopic (exact) mass is 541 g/mol. The minimum Gasteiger partial charge on any atom is -0.385 e. The zero-order chi connectivity index (χ0) is 25.4. The summed E-state index contributed by atoms with van der Waals surface area (Å²) in [5.41, 5.74) is 1.06. The first-order valence-corrected chi connectivity index (χ1v) is 13.7. The van der Waals surface area contributed by atoms with E-state index in [1.807, 2.05) is 0 Å². The summed E-state index contributed by atoms with van der Waals surface area (Å²) in [6, 6.07) is 11.6. The third-order valence-electron chi connectivity index (χ3n) is 5.78. The van der Waals surface area contributed by atoms with E-state index in [0.717, 1.165) is 0 Å². The number of ether oxygens (including phenoxy) is 1. The van der Waals surface area contributed by atoms with Crippen LogP contribution in [0.3, 0.4) is 0 Å². The van der Waals surface area contributed by atoms with Gasteiger partial charge in [-0.2, -0.15) is 0 Å². The number of methoxy groups -OCH3 is 1. The summed E-state index contributed by atoms with van der Waals surface area (Å²) >= 11 is 12.3. The van der Waals surface area contributed by atoms with Gasteiger partial charge in [0.15, 0.2) is 0 Å². The van der Waals surface area contributed by atoms with E-state index in [1.54, 1.807) is 49.6 Å². The number of hydrogen-bond acceptors (Lipinski definition) is 5. The highest BCUT2D eigenvalue weighted by Crippen LogP contribution is 2.29. The second kappa shape index (κ2) is 12.7. The van der Waals surface area contributed by atoms with Gasteiger partial charge in [-0.05, 0) is 43.5 Å². The summed E-state index contributed by atoms with van der Waals surface area (Å²) in [6.07, 6.45) is 1.74. The molecule has 1 heterocycles. The van der Waals surface area contributed by atoms with Gasteiger partial charge in [-0.1, -0.05) is 41.4 Å². The fraction of sp³-hybridized carbons (Fsp3) is 0.417. The second-order valence-corrected chi connectivity index (χ2v) is 11.1. The zero-order valence-electron chi connectivity index (χ0n) is 19.4. The van der Waals surface area contributed by atoms with E-state index < -0.39 is 15.9 Å². The first kappa shape index (κ1) is 27.4. The molecular weight excluding hydrogens is 513 g/mol. The molecule has 3 rings (SSSR count). The Hall–Kier alpha value is -2.17. The van der Waals surface area contributed by atoms with Crippen LogP contribution in [-0.2, 0) is 25.3 Å². The fourth-order valence-electron chi connectivity index (χ4n) is 3.89. The van der Waals surface area contributed by atoms with E-state index in [9.17, 15) is 18.0 Å². The molecule has 8 nitrogen and oxygen atoms in total. The number of rotatable bonds is 10. The van der Waals surface area contributed by atoms with Gasteiger partial charge in [0.1, 0.15) is 0 Å². The number of benzene rings is 2. The quantitative estimate of drug-likeness (QED) is 0.443. The molecule has 0 spiro atoms. The lowest BCUT2D eigenvalue weighted by Crippen LogP contribution is -2.44. The van der Waals surface area contributed by atoms with E-state index in [4.69, 9.17) is 27.9 Å². The fourth-order valence-corrected chi connectivity index (χ4v) is 6.25. The summed E-state index contributed by atoms with van der Waals surface area (Å²) in [4.78, 5) is 25.6. The van der Waals surface area contributed by atoms with Crippen LogP contribution >= 0.6 is 23.2 Å². The lowest BCUT2D eigenvalue weighted by atomic mass is 9.98. The molecule has 2 N–H and O–H groups in total. The van der Waals surface area contributed by atoms with Crippen LogP contribution in [0.5, 0.6) is 0 Å². The van der Waals surface area contributed by atoms with Crippen molar-refractivity contribution in [2.75, 3.05) is 38.7 Å². The van der Waals surface area contributed by atoms with E-state index >= 15 is 0 Å². The number of hydrogen-bond donors (Lipinski definition) is 2. The van der Waals surface area contributed by atoms with Gasteiger partial charge >= 0.3 is 0 Å². The van der Waals surface area contributed by atoms with Crippen LogP contribution in [0.15, 0.2) is 42.5 Å². The molecule has 1 aliphatic rings. The van der Waals surface area contributed by atoms with Crippen molar-refractivity contribution < 1.29 is 22.7 Å². The largest absolute Gasteiger partial charge is 0.385 e. The first-order valence-electron chi connectivity index (χ1n) is 11.3. The Morgan fingerprint density at radius 1 is 1.11 bits per heavy atom. The van der Waals surface area contributed by atoms with Crippen molar-refractivity contribution in [1.29, 1.82) is 0 Å². The van der Waals surface area contributed by atoms with Crippen molar-refractivity contribution in [3.63, 3.8) is 0 Å². The molecule has 0 aliphatic carbocycles. The molecule has 0 unspecified atom stereocenters. The Morgan fingerprint density at radius 3 is 2.54 bits per heavy atom. The van der Waals surface area contributed by atoms with Gasteiger partial charge in [0.25, 0.3) is 5.91 Å². The van der Waals surface area contributed by atoms with Gasteiger partial charge < -0.3 is 15.4 Å². The standard InChI is InChI=1S/C24H29Cl2N3O5S/c1-34-14-6-12-27-24(31)18-8-2-3-11-22(18)28-23(30)17-7-5-13-29(15-17)35(32,33)16-19-20(25)9-4-10-21(19)26/h2-4,8-11,17H,5-7,12-16H2,1H3,(H,27,31)(H,28,30)/t17-/m1/s1. The van der Waals surface area contributed by atoms with Gasteiger partial charge in [-0.25, -0.2) is 12.7 Å². The average molecular weight is 542 g/mol. The van der Waals surface area contributed by atoms with E-state index in [2.05, 4.69) is 10.6 Å². The van der Waals surface area contributed by atoms with Crippen LogP contribution in [-0.4, -0.2) is 57.9 Å². The Kier molecular flexibility index (Phi) is 9.94. The minimum atomic E-state index is -3.75. The van der Waals surface area contributed by atoms with Crippen LogP contribution in [0.25, 0.3) is 0 Å². The molecule has 2 aromatic rings. The number of sulfonamides is 1. The number of nitrogens with zero attached hydrogens (tertiary/aromatic N) is 1. The number of carbonyl (C=O) groups excluding carboxylic acids is 2. The lowest BCUT2D eigenvalue weighted by Gasteiger charge is -2.31. The third kappa shape index (κ3) is 7.41. The van der Waals surface area contributed by atoms with E-state index in [-0.39, 0.29) is 34.2 Å². The molecule has 0 radical (unpaired) electrons. The summed E-state index contributed by atoms with van der Waals surface area (Å²) in [5, 5.41) is 6.19. The summed E-state index contributed by atoms with van der Waals surface area (Å²) < 4.78 is 32.5. The van der Waals surface area contributed by atoms with Gasteiger partial charge in [-0.3, -0.25) is 9.59 Å². The normalized spacial score (nSPS) is 16.6. The van der Waals surface area contributed by atoms with Crippen LogP contribution in [0.1, 0.15) is 35.2 Å². The zero-order valence-corrected chi connectivity index (χ0v) is 21.8. The van der Waals surface area contributed by atoms with E-state index in [1.165, 1.54) is 4.31 Å². The highest BCUT2D eigenvalue weighted by Gasteiger charge is 2.33. The number of carbonyl (C=O) groups is 2. The van der Waals surface area contributed by atoms with Crippen molar-refractivity contribution in [1.82, 2.24) is 9.62 Å². The maximum atomic E-state index is 13.1. The highest BCUT2D eigenvalue weighted by molar-refractivity contribution is 7.88. The van der Waals surface area contributed by atoms with Gasteiger partial charge in [-0.15, -0.1) is 0 Å². The number of halogens is 2. The number of anilines is 1. The average Bonchev–Trinajstić information content (AvgIpc) is 2.84. The summed E-state index contributed by atoms with van der Waals surface area (Å²) in [5.74, 6) is -1.54.